The van der Waals surface area contributed by atoms with E-state index < -0.39 is 0 Å². The smallest absolute Gasteiger partial charge is 0.223 e. The quantitative estimate of drug-likeness (QED) is 0.812. The van der Waals surface area contributed by atoms with Crippen molar-refractivity contribution in [3.63, 3.8) is 0 Å². The second-order valence-electron chi connectivity index (χ2n) is 5.22. The Kier molecular flexibility index (Phi) is 4.33. The van der Waals surface area contributed by atoms with Crippen LogP contribution in [0.25, 0.3) is 11.0 Å². The maximum absolute atomic E-state index is 11.8. The van der Waals surface area contributed by atoms with Gasteiger partial charge in [-0.25, -0.2) is 4.98 Å². The SMILES string of the molecule is Cc1cccc2nc(C(C)Cl)n(CCC(=O)N(C)C)c12. The van der Waals surface area contributed by atoms with Gasteiger partial charge in [-0.1, -0.05) is 12.1 Å². The Morgan fingerprint density at radius 2 is 2.15 bits per heavy atom. The van der Waals surface area contributed by atoms with Crippen molar-refractivity contribution in [3.8, 4) is 0 Å². The zero-order valence-electron chi connectivity index (χ0n) is 12.4. The minimum Gasteiger partial charge on any atom is -0.349 e. The number of imidazole rings is 1. The van der Waals surface area contributed by atoms with E-state index in [-0.39, 0.29) is 11.3 Å². The highest BCUT2D eigenvalue weighted by molar-refractivity contribution is 6.20. The van der Waals surface area contributed by atoms with Gasteiger partial charge < -0.3 is 9.47 Å². The summed E-state index contributed by atoms with van der Waals surface area (Å²) in [6, 6.07) is 6.02. The lowest BCUT2D eigenvalue weighted by atomic mass is 10.2. The van der Waals surface area contributed by atoms with E-state index in [9.17, 15) is 4.79 Å². The topological polar surface area (TPSA) is 38.1 Å². The zero-order valence-corrected chi connectivity index (χ0v) is 13.1. The molecule has 0 aliphatic rings. The van der Waals surface area contributed by atoms with Crippen molar-refractivity contribution in [1.82, 2.24) is 14.5 Å². The van der Waals surface area contributed by atoms with Gasteiger partial charge in [0.15, 0.2) is 0 Å². The summed E-state index contributed by atoms with van der Waals surface area (Å²) in [5.74, 6) is 0.927. The van der Waals surface area contributed by atoms with Gasteiger partial charge in [0.05, 0.1) is 16.4 Å². The fourth-order valence-corrected chi connectivity index (χ4v) is 2.51. The number of fused-ring (bicyclic) bond motifs is 1. The lowest BCUT2D eigenvalue weighted by molar-refractivity contribution is -0.128. The third-order valence-electron chi connectivity index (χ3n) is 3.40. The normalized spacial score (nSPS) is 12.7. The molecule has 1 aromatic carbocycles. The molecule has 1 atom stereocenters. The summed E-state index contributed by atoms with van der Waals surface area (Å²) in [5.41, 5.74) is 3.15. The van der Waals surface area contributed by atoms with Crippen LogP contribution >= 0.6 is 11.6 Å². The number of para-hydroxylation sites is 1. The maximum atomic E-state index is 11.8. The van der Waals surface area contributed by atoms with Gasteiger partial charge in [0.1, 0.15) is 5.82 Å². The number of aryl methyl sites for hydroxylation is 2. The van der Waals surface area contributed by atoms with E-state index in [2.05, 4.69) is 22.5 Å². The van der Waals surface area contributed by atoms with Crippen molar-refractivity contribution in [3.05, 3.63) is 29.6 Å². The molecule has 0 bridgehead atoms. The van der Waals surface area contributed by atoms with Gasteiger partial charge in [-0.3, -0.25) is 4.79 Å². The van der Waals surface area contributed by atoms with E-state index in [0.29, 0.717) is 13.0 Å². The van der Waals surface area contributed by atoms with E-state index >= 15 is 0 Å². The lowest BCUT2D eigenvalue weighted by Gasteiger charge is -2.14. The number of hydrogen-bond donors (Lipinski definition) is 0. The average Bonchev–Trinajstić information content (AvgIpc) is 2.76. The summed E-state index contributed by atoms with van der Waals surface area (Å²) in [6.45, 7) is 4.56. The molecule has 0 fully saturated rings. The van der Waals surface area contributed by atoms with Crippen LogP contribution in [0.4, 0.5) is 0 Å². The molecular weight excluding hydrogens is 274 g/mol. The number of rotatable bonds is 4. The van der Waals surface area contributed by atoms with Crippen molar-refractivity contribution in [2.75, 3.05) is 14.1 Å². The summed E-state index contributed by atoms with van der Waals surface area (Å²) < 4.78 is 2.07. The van der Waals surface area contributed by atoms with Crippen molar-refractivity contribution < 1.29 is 4.79 Å². The number of carbonyl (C=O) groups excluding carboxylic acids is 1. The Bertz CT molecular complexity index is 631. The summed E-state index contributed by atoms with van der Waals surface area (Å²) >= 11 is 6.23. The molecule has 5 heteroatoms. The Morgan fingerprint density at radius 3 is 2.75 bits per heavy atom. The Labute approximate surface area is 124 Å². The third kappa shape index (κ3) is 2.80. The monoisotopic (exact) mass is 293 g/mol. The number of amides is 1. The number of hydrogen-bond acceptors (Lipinski definition) is 2. The highest BCUT2D eigenvalue weighted by Gasteiger charge is 2.17. The van der Waals surface area contributed by atoms with Crippen LogP contribution < -0.4 is 0 Å². The van der Waals surface area contributed by atoms with Crippen LogP contribution in [0.5, 0.6) is 0 Å². The first-order chi connectivity index (χ1) is 9.41. The summed E-state index contributed by atoms with van der Waals surface area (Å²) in [4.78, 5) is 18.0. The Hall–Kier alpha value is -1.55. The van der Waals surface area contributed by atoms with Crippen LogP contribution in [-0.2, 0) is 11.3 Å². The number of carbonyl (C=O) groups is 1. The van der Waals surface area contributed by atoms with Crippen LogP contribution in [0.15, 0.2) is 18.2 Å². The highest BCUT2D eigenvalue weighted by atomic mass is 35.5. The van der Waals surface area contributed by atoms with Crippen molar-refractivity contribution in [2.24, 2.45) is 0 Å². The van der Waals surface area contributed by atoms with E-state index in [1.807, 2.05) is 19.1 Å². The summed E-state index contributed by atoms with van der Waals surface area (Å²) in [7, 11) is 3.54. The molecule has 2 rings (SSSR count). The van der Waals surface area contributed by atoms with Crippen LogP contribution in [-0.4, -0.2) is 34.5 Å². The number of alkyl halides is 1. The van der Waals surface area contributed by atoms with E-state index in [4.69, 9.17) is 11.6 Å². The molecule has 2 aromatic rings. The Balaban J connectivity index is 2.43. The number of nitrogens with zero attached hydrogens (tertiary/aromatic N) is 3. The molecule has 20 heavy (non-hydrogen) atoms. The van der Waals surface area contributed by atoms with Crippen molar-refractivity contribution in [2.45, 2.75) is 32.2 Å². The number of aromatic nitrogens is 2. The molecule has 0 aliphatic carbocycles. The highest BCUT2D eigenvalue weighted by Crippen LogP contribution is 2.26. The molecule has 108 valence electrons. The molecule has 0 spiro atoms. The molecule has 1 amide bonds. The minimum absolute atomic E-state index is 0.105. The molecule has 0 aliphatic heterocycles. The first-order valence-corrected chi connectivity index (χ1v) is 7.15. The van der Waals surface area contributed by atoms with Gasteiger partial charge in [0.2, 0.25) is 5.91 Å². The Morgan fingerprint density at radius 1 is 1.45 bits per heavy atom. The predicted octanol–water partition coefficient (Wildman–Crippen LogP) is 3.12. The van der Waals surface area contributed by atoms with Gasteiger partial charge >= 0.3 is 0 Å². The maximum Gasteiger partial charge on any atom is 0.223 e. The molecule has 0 saturated heterocycles. The number of halogens is 1. The first kappa shape index (κ1) is 14.9. The molecule has 0 N–H and O–H groups in total. The standard InChI is InChI=1S/C15H20ClN3O/c1-10-6-5-7-12-14(10)19(15(17-12)11(2)16)9-8-13(20)18(3)4/h5-7,11H,8-9H2,1-4H3. The summed E-state index contributed by atoms with van der Waals surface area (Å²) in [6.07, 6.45) is 0.448. The van der Waals surface area contributed by atoms with Crippen molar-refractivity contribution in [1.29, 1.82) is 0 Å². The first-order valence-electron chi connectivity index (χ1n) is 6.71. The second kappa shape index (κ2) is 5.83. The van der Waals surface area contributed by atoms with Crippen LogP contribution in [0, 0.1) is 6.92 Å². The van der Waals surface area contributed by atoms with E-state index in [1.54, 1.807) is 19.0 Å². The molecule has 0 radical (unpaired) electrons. The minimum atomic E-state index is -0.184. The molecule has 1 heterocycles. The molecule has 4 nitrogen and oxygen atoms in total. The van der Waals surface area contributed by atoms with Crippen molar-refractivity contribution >= 4 is 28.5 Å². The van der Waals surface area contributed by atoms with Crippen LogP contribution in [0.1, 0.15) is 30.1 Å². The van der Waals surface area contributed by atoms with Crippen LogP contribution in [0.3, 0.4) is 0 Å². The average molecular weight is 294 g/mol. The van der Waals surface area contributed by atoms with E-state index in [1.165, 1.54) is 0 Å². The van der Waals surface area contributed by atoms with Gasteiger partial charge in [-0.05, 0) is 25.5 Å². The van der Waals surface area contributed by atoms with Gasteiger partial charge in [0.25, 0.3) is 0 Å². The third-order valence-corrected chi connectivity index (χ3v) is 3.60. The fourth-order valence-electron chi connectivity index (χ4n) is 2.34. The largest absolute Gasteiger partial charge is 0.349 e. The second-order valence-corrected chi connectivity index (χ2v) is 5.87. The number of benzene rings is 1. The molecular formula is C15H20ClN3O. The van der Waals surface area contributed by atoms with E-state index in [0.717, 1.165) is 22.4 Å². The molecule has 0 saturated carbocycles. The fraction of sp³-hybridized carbons (Fsp3) is 0.467. The predicted molar refractivity (Wildman–Crippen MR) is 82.0 cm³/mol. The zero-order chi connectivity index (χ0) is 14.9. The molecule has 1 aromatic heterocycles. The van der Waals surface area contributed by atoms with Gasteiger partial charge in [-0.2, -0.15) is 0 Å². The summed E-state index contributed by atoms with van der Waals surface area (Å²) in [5, 5.41) is -0.184. The lowest BCUT2D eigenvalue weighted by Crippen LogP contribution is -2.23. The molecule has 1 unspecified atom stereocenters. The van der Waals surface area contributed by atoms with Gasteiger partial charge in [0, 0.05) is 27.1 Å². The van der Waals surface area contributed by atoms with Crippen LogP contribution in [0.2, 0.25) is 0 Å². The van der Waals surface area contributed by atoms with Gasteiger partial charge in [-0.15, -0.1) is 11.6 Å².